The first-order valence-electron chi connectivity index (χ1n) is 9.62. The van der Waals surface area contributed by atoms with Crippen LogP contribution in [-0.2, 0) is 6.54 Å². The van der Waals surface area contributed by atoms with Crippen molar-refractivity contribution >= 4 is 11.7 Å². The lowest BCUT2D eigenvalue weighted by Crippen LogP contribution is -2.36. The van der Waals surface area contributed by atoms with Crippen LogP contribution in [0, 0.1) is 0 Å². The molecule has 144 valence electrons. The minimum absolute atomic E-state index is 0.148. The Bertz CT molecular complexity index is 717. The number of benzene rings is 1. The van der Waals surface area contributed by atoms with Crippen molar-refractivity contribution in [1.29, 1.82) is 0 Å². The summed E-state index contributed by atoms with van der Waals surface area (Å²) in [7, 11) is 0. The predicted molar refractivity (Wildman–Crippen MR) is 107 cm³/mol. The summed E-state index contributed by atoms with van der Waals surface area (Å²) in [6.45, 7) is 5.58. The largest absolute Gasteiger partial charge is 0.487 e. The fourth-order valence-corrected chi connectivity index (χ4v) is 3.23. The molecule has 1 aromatic carbocycles. The second-order valence-corrected chi connectivity index (χ2v) is 6.99. The molecule has 1 atom stereocenters. The van der Waals surface area contributed by atoms with E-state index in [1.165, 1.54) is 24.8 Å². The Balaban J connectivity index is 1.44. The number of amides is 2. The van der Waals surface area contributed by atoms with Crippen LogP contribution < -0.4 is 15.4 Å². The van der Waals surface area contributed by atoms with E-state index in [0.29, 0.717) is 12.3 Å². The first-order valence-corrected chi connectivity index (χ1v) is 9.62. The van der Waals surface area contributed by atoms with Crippen LogP contribution >= 0.6 is 0 Å². The summed E-state index contributed by atoms with van der Waals surface area (Å²) in [6.07, 6.45) is 7.10. The van der Waals surface area contributed by atoms with E-state index >= 15 is 0 Å². The van der Waals surface area contributed by atoms with Gasteiger partial charge in [-0.2, -0.15) is 0 Å². The van der Waals surface area contributed by atoms with Gasteiger partial charge in [-0.25, -0.2) is 4.79 Å². The van der Waals surface area contributed by atoms with Gasteiger partial charge in [0.05, 0.1) is 12.7 Å². The number of hydrogen-bond acceptors (Lipinski definition) is 4. The van der Waals surface area contributed by atoms with Gasteiger partial charge in [0, 0.05) is 18.4 Å². The molecular formula is C21H28N4O2. The highest BCUT2D eigenvalue weighted by molar-refractivity contribution is 5.89. The molecule has 1 aromatic heterocycles. The van der Waals surface area contributed by atoms with Gasteiger partial charge in [0.25, 0.3) is 0 Å². The molecule has 0 spiro atoms. The summed E-state index contributed by atoms with van der Waals surface area (Å²) in [5.74, 6) is 0.692. The number of rotatable bonds is 7. The summed E-state index contributed by atoms with van der Waals surface area (Å²) < 4.78 is 5.71. The maximum absolute atomic E-state index is 12.2. The Morgan fingerprint density at radius 3 is 2.85 bits per heavy atom. The number of hydrogen-bond donors (Lipinski definition) is 2. The van der Waals surface area contributed by atoms with Crippen molar-refractivity contribution in [2.45, 2.75) is 38.8 Å². The van der Waals surface area contributed by atoms with Crippen LogP contribution in [0.4, 0.5) is 10.5 Å². The first kappa shape index (κ1) is 19.2. The van der Waals surface area contributed by atoms with Crippen LogP contribution in [0.25, 0.3) is 0 Å². The number of aromatic nitrogens is 1. The molecule has 1 saturated heterocycles. The van der Waals surface area contributed by atoms with Crippen LogP contribution in [0.2, 0.25) is 0 Å². The standard InChI is InChI=1S/C21H28N4O2/c1-17(27-20-9-6-10-22-15-20)14-23-21(26)24-19-8-5-7-18(13-19)16-25-11-3-2-4-12-25/h5-10,13,15,17H,2-4,11-12,14,16H2,1H3,(H2,23,24,26)/t17-/m0/s1. The Morgan fingerprint density at radius 1 is 1.22 bits per heavy atom. The molecule has 0 unspecified atom stereocenters. The fourth-order valence-electron chi connectivity index (χ4n) is 3.23. The van der Waals surface area contributed by atoms with E-state index in [-0.39, 0.29) is 12.1 Å². The number of carbonyl (C=O) groups is 1. The lowest BCUT2D eigenvalue weighted by Gasteiger charge is -2.26. The molecule has 2 amide bonds. The highest BCUT2D eigenvalue weighted by Gasteiger charge is 2.11. The zero-order valence-electron chi connectivity index (χ0n) is 15.9. The third kappa shape index (κ3) is 6.57. The van der Waals surface area contributed by atoms with E-state index in [9.17, 15) is 4.79 Å². The quantitative estimate of drug-likeness (QED) is 0.783. The lowest BCUT2D eigenvalue weighted by atomic mass is 10.1. The van der Waals surface area contributed by atoms with Crippen LogP contribution in [0.15, 0.2) is 48.8 Å². The fraction of sp³-hybridized carbons (Fsp3) is 0.429. The van der Waals surface area contributed by atoms with Crippen LogP contribution in [0.1, 0.15) is 31.7 Å². The molecule has 2 aromatic rings. The van der Waals surface area contributed by atoms with Gasteiger partial charge in [-0.1, -0.05) is 18.6 Å². The minimum Gasteiger partial charge on any atom is -0.487 e. The Labute approximate surface area is 160 Å². The van der Waals surface area contributed by atoms with Crippen molar-refractivity contribution in [3.63, 3.8) is 0 Å². The van der Waals surface area contributed by atoms with Crippen molar-refractivity contribution in [2.75, 3.05) is 25.0 Å². The number of piperidine rings is 1. The average Bonchev–Trinajstić information content (AvgIpc) is 2.68. The summed E-state index contributed by atoms with van der Waals surface area (Å²) in [5.41, 5.74) is 2.03. The van der Waals surface area contributed by atoms with Crippen LogP contribution in [-0.4, -0.2) is 41.7 Å². The molecule has 0 radical (unpaired) electrons. The molecule has 6 nitrogen and oxygen atoms in total. The van der Waals surface area contributed by atoms with E-state index in [1.54, 1.807) is 12.4 Å². The maximum atomic E-state index is 12.2. The second kappa shape index (κ2) is 9.92. The summed E-state index contributed by atoms with van der Waals surface area (Å²) in [4.78, 5) is 18.7. The Morgan fingerprint density at radius 2 is 2.07 bits per heavy atom. The number of nitrogens with zero attached hydrogens (tertiary/aromatic N) is 2. The lowest BCUT2D eigenvalue weighted by molar-refractivity contribution is 0.211. The molecule has 3 rings (SSSR count). The zero-order chi connectivity index (χ0) is 18.9. The zero-order valence-corrected chi connectivity index (χ0v) is 15.9. The smallest absolute Gasteiger partial charge is 0.319 e. The molecule has 0 aliphatic carbocycles. The molecule has 27 heavy (non-hydrogen) atoms. The topological polar surface area (TPSA) is 66.5 Å². The van der Waals surface area contributed by atoms with Gasteiger partial charge < -0.3 is 15.4 Å². The SMILES string of the molecule is C[C@@H](CNC(=O)Nc1cccc(CN2CCCCC2)c1)Oc1cccnc1. The van der Waals surface area contributed by atoms with Gasteiger partial charge in [0.1, 0.15) is 11.9 Å². The summed E-state index contributed by atoms with van der Waals surface area (Å²) in [5, 5.41) is 5.75. The van der Waals surface area contributed by atoms with Crippen LogP contribution in [0.5, 0.6) is 5.75 Å². The normalized spacial score (nSPS) is 15.7. The van der Waals surface area contributed by atoms with E-state index in [4.69, 9.17) is 4.74 Å². The molecule has 0 bridgehead atoms. The third-order valence-corrected chi connectivity index (χ3v) is 4.56. The molecule has 0 saturated carbocycles. The number of anilines is 1. The molecule has 1 aliphatic heterocycles. The average molecular weight is 368 g/mol. The van der Waals surface area contributed by atoms with Gasteiger partial charge in [0.15, 0.2) is 0 Å². The third-order valence-electron chi connectivity index (χ3n) is 4.56. The molecular weight excluding hydrogens is 340 g/mol. The van der Waals surface area contributed by atoms with E-state index in [0.717, 1.165) is 25.3 Å². The number of ether oxygens (including phenoxy) is 1. The number of urea groups is 1. The molecule has 2 N–H and O–H groups in total. The van der Waals surface area contributed by atoms with E-state index < -0.39 is 0 Å². The highest BCUT2D eigenvalue weighted by Crippen LogP contribution is 2.16. The number of nitrogens with one attached hydrogen (secondary N) is 2. The van der Waals surface area contributed by atoms with Crippen molar-refractivity contribution < 1.29 is 9.53 Å². The number of carbonyl (C=O) groups excluding carboxylic acids is 1. The second-order valence-electron chi connectivity index (χ2n) is 6.99. The Kier molecular flexibility index (Phi) is 7.04. The van der Waals surface area contributed by atoms with Gasteiger partial charge in [-0.3, -0.25) is 9.88 Å². The summed E-state index contributed by atoms with van der Waals surface area (Å²) >= 11 is 0. The predicted octanol–water partition coefficient (Wildman–Crippen LogP) is 3.66. The van der Waals surface area contributed by atoms with Gasteiger partial charge in [0.2, 0.25) is 0 Å². The van der Waals surface area contributed by atoms with Crippen molar-refractivity contribution in [3.8, 4) is 5.75 Å². The molecule has 1 aliphatic rings. The van der Waals surface area contributed by atoms with Gasteiger partial charge >= 0.3 is 6.03 Å². The Hall–Kier alpha value is -2.60. The first-order chi connectivity index (χ1) is 13.2. The van der Waals surface area contributed by atoms with E-state index in [1.807, 2.05) is 37.3 Å². The molecule has 1 fully saturated rings. The number of pyridine rings is 1. The summed E-state index contributed by atoms with van der Waals surface area (Å²) in [6, 6.07) is 11.5. The number of likely N-dealkylation sites (tertiary alicyclic amines) is 1. The minimum atomic E-state index is -0.230. The van der Waals surface area contributed by atoms with E-state index in [2.05, 4.69) is 26.6 Å². The highest BCUT2D eigenvalue weighted by atomic mass is 16.5. The van der Waals surface area contributed by atoms with Crippen molar-refractivity contribution in [1.82, 2.24) is 15.2 Å². The van der Waals surface area contributed by atoms with Gasteiger partial charge in [-0.05, 0) is 62.7 Å². The maximum Gasteiger partial charge on any atom is 0.319 e. The molecule has 2 heterocycles. The van der Waals surface area contributed by atoms with Crippen molar-refractivity contribution in [3.05, 3.63) is 54.4 Å². The molecule has 6 heteroatoms. The monoisotopic (exact) mass is 368 g/mol. The van der Waals surface area contributed by atoms with Crippen LogP contribution in [0.3, 0.4) is 0 Å². The van der Waals surface area contributed by atoms with Crippen molar-refractivity contribution in [2.24, 2.45) is 0 Å². The van der Waals surface area contributed by atoms with Gasteiger partial charge in [-0.15, -0.1) is 0 Å².